The predicted molar refractivity (Wildman–Crippen MR) is 73.1 cm³/mol. The number of furan rings is 1. The Morgan fingerprint density at radius 2 is 2.00 bits per heavy atom. The molecule has 19 heavy (non-hydrogen) atoms. The summed E-state index contributed by atoms with van der Waals surface area (Å²) in [5.74, 6) is 0.602. The van der Waals surface area contributed by atoms with Crippen molar-refractivity contribution in [2.24, 2.45) is 5.73 Å². The van der Waals surface area contributed by atoms with Gasteiger partial charge in [-0.25, -0.2) is 4.39 Å². The molecule has 0 aliphatic rings. The highest BCUT2D eigenvalue weighted by Crippen LogP contribution is 2.29. The maximum Gasteiger partial charge on any atom is 0.127 e. The first-order valence-electron chi connectivity index (χ1n) is 6.35. The van der Waals surface area contributed by atoms with Crippen molar-refractivity contribution in [1.29, 1.82) is 0 Å². The zero-order valence-electron chi connectivity index (χ0n) is 11.2. The second-order valence-corrected chi connectivity index (χ2v) is 4.63. The molecule has 2 N–H and O–H groups in total. The van der Waals surface area contributed by atoms with E-state index >= 15 is 0 Å². The van der Waals surface area contributed by atoms with Gasteiger partial charge in [0.15, 0.2) is 0 Å². The van der Waals surface area contributed by atoms with E-state index < -0.39 is 0 Å². The van der Waals surface area contributed by atoms with E-state index in [4.69, 9.17) is 10.2 Å². The Morgan fingerprint density at radius 1 is 1.26 bits per heavy atom. The molecule has 0 saturated heterocycles. The van der Waals surface area contributed by atoms with Gasteiger partial charge in [-0.3, -0.25) is 4.90 Å². The predicted octanol–water partition coefficient (Wildman–Crippen LogP) is 3.11. The lowest BCUT2D eigenvalue weighted by Gasteiger charge is -2.31. The summed E-state index contributed by atoms with van der Waals surface area (Å²) in [6.45, 7) is 2.38. The Bertz CT molecular complexity index is 513. The topological polar surface area (TPSA) is 42.4 Å². The minimum atomic E-state index is -0.197. The number of hydrogen-bond acceptors (Lipinski definition) is 3. The minimum Gasteiger partial charge on any atom is -0.468 e. The smallest absolute Gasteiger partial charge is 0.127 e. The number of nitrogens with zero attached hydrogens (tertiary/aromatic N) is 1. The monoisotopic (exact) mass is 262 g/mol. The molecule has 0 saturated carbocycles. The first-order chi connectivity index (χ1) is 9.15. The van der Waals surface area contributed by atoms with Gasteiger partial charge in [-0.05, 0) is 32.2 Å². The van der Waals surface area contributed by atoms with Gasteiger partial charge in [0.1, 0.15) is 11.6 Å². The summed E-state index contributed by atoms with van der Waals surface area (Å²) in [5.41, 5.74) is 6.49. The SMILES string of the molecule is CC(c1ccccc1F)N(C)C(CN)c1ccco1. The Balaban J connectivity index is 2.23. The van der Waals surface area contributed by atoms with Crippen molar-refractivity contribution in [3.63, 3.8) is 0 Å². The molecule has 0 amide bonds. The van der Waals surface area contributed by atoms with Gasteiger partial charge in [0.2, 0.25) is 0 Å². The summed E-state index contributed by atoms with van der Waals surface area (Å²) < 4.78 is 19.2. The van der Waals surface area contributed by atoms with E-state index in [-0.39, 0.29) is 17.9 Å². The molecular weight excluding hydrogens is 243 g/mol. The summed E-state index contributed by atoms with van der Waals surface area (Å²) in [5, 5.41) is 0. The number of hydrogen-bond donors (Lipinski definition) is 1. The summed E-state index contributed by atoms with van der Waals surface area (Å²) in [7, 11) is 1.93. The zero-order valence-corrected chi connectivity index (χ0v) is 11.2. The maximum absolute atomic E-state index is 13.8. The fourth-order valence-corrected chi connectivity index (χ4v) is 2.27. The van der Waals surface area contributed by atoms with Gasteiger partial charge in [-0.1, -0.05) is 18.2 Å². The summed E-state index contributed by atoms with van der Waals surface area (Å²) in [6, 6.07) is 10.4. The molecule has 2 rings (SSSR count). The zero-order chi connectivity index (χ0) is 13.8. The highest BCUT2D eigenvalue weighted by Gasteiger charge is 2.24. The normalized spacial score (nSPS) is 14.6. The van der Waals surface area contributed by atoms with Crippen LogP contribution >= 0.6 is 0 Å². The average Bonchev–Trinajstić information content (AvgIpc) is 2.93. The molecule has 1 aromatic carbocycles. The van der Waals surface area contributed by atoms with Crippen LogP contribution in [0.4, 0.5) is 4.39 Å². The quantitative estimate of drug-likeness (QED) is 0.900. The van der Waals surface area contributed by atoms with Gasteiger partial charge in [0.05, 0.1) is 12.3 Å². The van der Waals surface area contributed by atoms with Crippen LogP contribution in [0.1, 0.15) is 30.3 Å². The molecule has 2 atom stereocenters. The van der Waals surface area contributed by atoms with E-state index in [1.807, 2.05) is 37.1 Å². The molecule has 1 heterocycles. The standard InChI is InChI=1S/C15H19FN2O/c1-11(12-6-3-4-7-13(12)16)18(2)14(10-17)15-8-5-9-19-15/h3-9,11,14H,10,17H2,1-2H3. The van der Waals surface area contributed by atoms with Crippen LogP contribution in [-0.2, 0) is 0 Å². The van der Waals surface area contributed by atoms with E-state index in [1.54, 1.807) is 18.4 Å². The minimum absolute atomic E-state index is 0.0652. The first kappa shape index (κ1) is 13.8. The van der Waals surface area contributed by atoms with Gasteiger partial charge in [-0.15, -0.1) is 0 Å². The van der Waals surface area contributed by atoms with E-state index in [2.05, 4.69) is 0 Å². The highest BCUT2D eigenvalue weighted by molar-refractivity contribution is 5.21. The van der Waals surface area contributed by atoms with Crippen molar-refractivity contribution in [3.8, 4) is 0 Å². The maximum atomic E-state index is 13.8. The van der Waals surface area contributed by atoms with Crippen LogP contribution in [-0.4, -0.2) is 18.5 Å². The van der Waals surface area contributed by atoms with Crippen LogP contribution in [0, 0.1) is 5.82 Å². The Kier molecular flexibility index (Phi) is 4.35. The van der Waals surface area contributed by atoms with Crippen molar-refractivity contribution in [2.45, 2.75) is 19.0 Å². The fraction of sp³-hybridized carbons (Fsp3) is 0.333. The molecule has 0 spiro atoms. The molecule has 3 nitrogen and oxygen atoms in total. The molecular formula is C15H19FN2O. The number of nitrogens with two attached hydrogens (primary N) is 1. The molecule has 0 radical (unpaired) electrons. The number of rotatable bonds is 5. The van der Waals surface area contributed by atoms with Gasteiger partial charge in [-0.2, -0.15) is 0 Å². The molecule has 102 valence electrons. The Hall–Kier alpha value is -1.65. The second kappa shape index (κ2) is 5.99. The van der Waals surface area contributed by atoms with E-state index in [0.29, 0.717) is 12.1 Å². The molecule has 2 unspecified atom stereocenters. The van der Waals surface area contributed by atoms with Crippen LogP contribution < -0.4 is 5.73 Å². The van der Waals surface area contributed by atoms with Crippen LogP contribution in [0.2, 0.25) is 0 Å². The van der Waals surface area contributed by atoms with Gasteiger partial charge >= 0.3 is 0 Å². The van der Waals surface area contributed by atoms with Gasteiger partial charge < -0.3 is 10.2 Å². The highest BCUT2D eigenvalue weighted by atomic mass is 19.1. The molecule has 0 bridgehead atoms. The Labute approximate surface area is 112 Å². The summed E-state index contributed by atoms with van der Waals surface area (Å²) in [6.07, 6.45) is 1.62. The third-order valence-corrected chi connectivity index (χ3v) is 3.55. The summed E-state index contributed by atoms with van der Waals surface area (Å²) >= 11 is 0. The number of halogens is 1. The first-order valence-corrected chi connectivity index (χ1v) is 6.35. The van der Waals surface area contributed by atoms with Crippen molar-refractivity contribution in [3.05, 3.63) is 59.8 Å². The lowest BCUT2D eigenvalue weighted by atomic mass is 10.0. The van der Waals surface area contributed by atoms with Crippen LogP contribution in [0.25, 0.3) is 0 Å². The molecule has 0 aliphatic carbocycles. The van der Waals surface area contributed by atoms with Crippen molar-refractivity contribution < 1.29 is 8.81 Å². The van der Waals surface area contributed by atoms with E-state index in [0.717, 1.165) is 5.76 Å². The van der Waals surface area contributed by atoms with Crippen LogP contribution in [0.15, 0.2) is 47.1 Å². The lowest BCUT2D eigenvalue weighted by molar-refractivity contribution is 0.166. The largest absolute Gasteiger partial charge is 0.468 e. The molecule has 0 aliphatic heterocycles. The van der Waals surface area contributed by atoms with Crippen molar-refractivity contribution in [1.82, 2.24) is 4.90 Å². The Morgan fingerprint density at radius 3 is 2.58 bits per heavy atom. The molecule has 2 aromatic rings. The molecule has 4 heteroatoms. The van der Waals surface area contributed by atoms with Gasteiger partial charge in [0, 0.05) is 18.2 Å². The fourth-order valence-electron chi connectivity index (χ4n) is 2.27. The average molecular weight is 262 g/mol. The number of benzene rings is 1. The van der Waals surface area contributed by atoms with E-state index in [9.17, 15) is 4.39 Å². The third-order valence-electron chi connectivity index (χ3n) is 3.55. The van der Waals surface area contributed by atoms with E-state index in [1.165, 1.54) is 6.07 Å². The summed E-state index contributed by atoms with van der Waals surface area (Å²) in [4.78, 5) is 2.03. The van der Waals surface area contributed by atoms with Gasteiger partial charge in [0.25, 0.3) is 0 Å². The van der Waals surface area contributed by atoms with Crippen LogP contribution in [0.3, 0.4) is 0 Å². The third kappa shape index (κ3) is 2.85. The molecule has 0 fully saturated rings. The van der Waals surface area contributed by atoms with Crippen LogP contribution in [0.5, 0.6) is 0 Å². The number of likely N-dealkylation sites (N-methyl/N-ethyl adjacent to an activating group) is 1. The lowest BCUT2D eigenvalue weighted by Crippen LogP contribution is -2.32. The van der Waals surface area contributed by atoms with Crippen molar-refractivity contribution >= 4 is 0 Å². The molecule has 1 aromatic heterocycles. The second-order valence-electron chi connectivity index (χ2n) is 4.63. The van der Waals surface area contributed by atoms with Crippen molar-refractivity contribution in [2.75, 3.05) is 13.6 Å².